The summed E-state index contributed by atoms with van der Waals surface area (Å²) in [5, 5.41) is 13.4. The van der Waals surface area contributed by atoms with E-state index in [1.165, 1.54) is 6.07 Å². The lowest BCUT2D eigenvalue weighted by atomic mass is 9.74. The minimum absolute atomic E-state index is 0.0648. The van der Waals surface area contributed by atoms with Crippen molar-refractivity contribution >= 4 is 5.91 Å². The number of nitrogens with zero attached hydrogens (tertiary/aromatic N) is 1. The van der Waals surface area contributed by atoms with Crippen molar-refractivity contribution in [3.8, 4) is 5.75 Å². The molecule has 3 rings (SSSR count). The van der Waals surface area contributed by atoms with Gasteiger partial charge >= 0.3 is 0 Å². The van der Waals surface area contributed by atoms with Crippen molar-refractivity contribution in [3.05, 3.63) is 27.8 Å². The first-order valence-corrected chi connectivity index (χ1v) is 9.29. The maximum Gasteiger partial charge on any atom is 0.227 e. The van der Waals surface area contributed by atoms with E-state index < -0.39 is 10.8 Å². The minimum Gasteiger partial charge on any atom is -0.502 e. The second-order valence-corrected chi connectivity index (χ2v) is 7.61. The van der Waals surface area contributed by atoms with Gasteiger partial charge in [-0.25, -0.2) is 0 Å². The molecule has 26 heavy (non-hydrogen) atoms. The third kappa shape index (κ3) is 4.10. The number of aromatic hydroxyl groups is 1. The van der Waals surface area contributed by atoms with Crippen LogP contribution in [0.15, 0.2) is 15.3 Å². The second-order valence-electron chi connectivity index (χ2n) is 7.61. The first kappa shape index (κ1) is 18.9. The number of hydrogen-bond acceptors (Lipinski definition) is 6. The zero-order chi connectivity index (χ0) is 18.7. The van der Waals surface area contributed by atoms with Gasteiger partial charge in [0.1, 0.15) is 5.76 Å². The van der Waals surface area contributed by atoms with E-state index in [1.54, 1.807) is 6.92 Å². The Kier molecular flexibility index (Phi) is 5.67. The SMILES string of the molecule is Cc1cc(=O)c(O)c(C2(CC(=O)NC3CCN(C)CC3)CCOCC2)o1. The van der Waals surface area contributed by atoms with Crippen LogP contribution in [0.4, 0.5) is 0 Å². The molecule has 0 saturated carbocycles. The molecular formula is C19H28N2O5. The van der Waals surface area contributed by atoms with Crippen LogP contribution in [0.5, 0.6) is 5.75 Å². The van der Waals surface area contributed by atoms with Crippen molar-refractivity contribution in [2.45, 2.75) is 50.5 Å². The van der Waals surface area contributed by atoms with E-state index in [9.17, 15) is 14.7 Å². The largest absolute Gasteiger partial charge is 0.502 e. The molecular weight excluding hydrogens is 336 g/mol. The van der Waals surface area contributed by atoms with Crippen molar-refractivity contribution in [2.24, 2.45) is 0 Å². The van der Waals surface area contributed by atoms with Crippen molar-refractivity contribution in [1.82, 2.24) is 10.2 Å². The molecule has 0 aliphatic carbocycles. The summed E-state index contributed by atoms with van der Waals surface area (Å²) in [5.74, 6) is 0.211. The molecule has 144 valence electrons. The standard InChI is InChI=1S/C19H28N2O5/c1-13-11-15(22)17(24)18(26-13)19(5-9-25-10-6-19)12-16(23)20-14-3-7-21(2)8-4-14/h11,14,24H,3-10,12H2,1-2H3,(H,20,23). The van der Waals surface area contributed by atoms with Crippen LogP contribution in [-0.4, -0.2) is 55.3 Å². The van der Waals surface area contributed by atoms with E-state index in [2.05, 4.69) is 17.3 Å². The van der Waals surface area contributed by atoms with E-state index in [1.807, 2.05) is 0 Å². The highest BCUT2D eigenvalue weighted by molar-refractivity contribution is 5.78. The number of ether oxygens (including phenoxy) is 1. The van der Waals surface area contributed by atoms with E-state index >= 15 is 0 Å². The van der Waals surface area contributed by atoms with Gasteiger partial charge in [0.15, 0.2) is 5.76 Å². The number of rotatable bonds is 4. The number of carbonyl (C=O) groups excluding carboxylic acids is 1. The monoisotopic (exact) mass is 364 g/mol. The average molecular weight is 364 g/mol. The first-order chi connectivity index (χ1) is 12.4. The molecule has 7 heteroatoms. The molecule has 1 aromatic rings. The van der Waals surface area contributed by atoms with Crippen LogP contribution in [0.2, 0.25) is 0 Å². The summed E-state index contributed by atoms with van der Waals surface area (Å²) in [6.07, 6.45) is 3.12. The summed E-state index contributed by atoms with van der Waals surface area (Å²) < 4.78 is 11.2. The number of carbonyl (C=O) groups is 1. The predicted molar refractivity (Wildman–Crippen MR) is 96.4 cm³/mol. The molecule has 1 amide bonds. The maximum absolute atomic E-state index is 12.8. The Hall–Kier alpha value is -1.86. The zero-order valence-corrected chi connectivity index (χ0v) is 15.5. The first-order valence-electron chi connectivity index (χ1n) is 9.29. The lowest BCUT2D eigenvalue weighted by Gasteiger charge is -2.37. The van der Waals surface area contributed by atoms with Gasteiger partial charge in [-0.15, -0.1) is 0 Å². The van der Waals surface area contributed by atoms with Gasteiger partial charge in [0.25, 0.3) is 0 Å². The number of hydrogen-bond donors (Lipinski definition) is 2. The van der Waals surface area contributed by atoms with E-state index in [-0.39, 0.29) is 29.9 Å². The number of likely N-dealkylation sites (tertiary alicyclic amines) is 1. The Morgan fingerprint density at radius 3 is 2.65 bits per heavy atom. The van der Waals surface area contributed by atoms with Gasteiger partial charge in [0.2, 0.25) is 17.1 Å². The van der Waals surface area contributed by atoms with Crippen LogP contribution in [0.25, 0.3) is 0 Å². The smallest absolute Gasteiger partial charge is 0.227 e. The van der Waals surface area contributed by atoms with E-state index in [0.717, 1.165) is 25.9 Å². The number of amides is 1. The molecule has 2 aliphatic rings. The number of nitrogens with one attached hydrogen (secondary N) is 1. The van der Waals surface area contributed by atoms with Crippen LogP contribution in [-0.2, 0) is 14.9 Å². The Morgan fingerprint density at radius 2 is 2.00 bits per heavy atom. The quantitative estimate of drug-likeness (QED) is 0.837. The highest BCUT2D eigenvalue weighted by Gasteiger charge is 2.42. The molecule has 2 fully saturated rings. The fraction of sp³-hybridized carbons (Fsp3) is 0.684. The molecule has 2 aliphatic heterocycles. The average Bonchev–Trinajstić information content (AvgIpc) is 2.61. The molecule has 0 bridgehead atoms. The molecule has 0 unspecified atom stereocenters. The highest BCUT2D eigenvalue weighted by Crippen LogP contribution is 2.41. The van der Waals surface area contributed by atoms with Gasteiger partial charge in [0, 0.05) is 37.2 Å². The lowest BCUT2D eigenvalue weighted by molar-refractivity contribution is -0.124. The van der Waals surface area contributed by atoms with Gasteiger partial charge < -0.3 is 24.5 Å². The summed E-state index contributed by atoms with van der Waals surface area (Å²) in [5.41, 5.74) is -1.17. The number of piperidine rings is 1. The molecule has 0 atom stereocenters. The van der Waals surface area contributed by atoms with Gasteiger partial charge in [-0.05, 0) is 52.7 Å². The second kappa shape index (κ2) is 7.80. The molecule has 0 aromatic carbocycles. The van der Waals surface area contributed by atoms with Crippen LogP contribution < -0.4 is 10.7 Å². The fourth-order valence-electron chi connectivity index (χ4n) is 3.95. The Labute approximate surface area is 153 Å². The third-order valence-electron chi connectivity index (χ3n) is 5.56. The maximum atomic E-state index is 12.8. The third-order valence-corrected chi connectivity index (χ3v) is 5.56. The van der Waals surface area contributed by atoms with Gasteiger partial charge in [-0.1, -0.05) is 0 Å². The van der Waals surface area contributed by atoms with E-state index in [4.69, 9.17) is 9.15 Å². The van der Waals surface area contributed by atoms with Gasteiger partial charge in [-0.3, -0.25) is 9.59 Å². The normalized spacial score (nSPS) is 21.5. The summed E-state index contributed by atoms with van der Waals surface area (Å²) >= 11 is 0. The van der Waals surface area contributed by atoms with Crippen molar-refractivity contribution in [1.29, 1.82) is 0 Å². The van der Waals surface area contributed by atoms with Crippen LogP contribution in [0.1, 0.15) is 43.6 Å². The highest BCUT2D eigenvalue weighted by atomic mass is 16.5. The Bertz CT molecular complexity index is 700. The molecule has 2 N–H and O–H groups in total. The molecule has 1 aromatic heterocycles. The fourth-order valence-corrected chi connectivity index (χ4v) is 3.95. The molecule has 7 nitrogen and oxygen atoms in total. The molecule has 2 saturated heterocycles. The van der Waals surface area contributed by atoms with Crippen LogP contribution >= 0.6 is 0 Å². The van der Waals surface area contributed by atoms with Crippen molar-refractivity contribution in [2.75, 3.05) is 33.4 Å². The van der Waals surface area contributed by atoms with E-state index in [0.29, 0.717) is 31.8 Å². The van der Waals surface area contributed by atoms with Gasteiger partial charge in [-0.2, -0.15) is 0 Å². The number of aryl methyl sites for hydroxylation is 1. The van der Waals surface area contributed by atoms with Crippen LogP contribution in [0, 0.1) is 6.92 Å². The van der Waals surface area contributed by atoms with Crippen LogP contribution in [0.3, 0.4) is 0 Å². The summed E-state index contributed by atoms with van der Waals surface area (Å²) in [7, 11) is 2.08. The molecule has 0 spiro atoms. The Morgan fingerprint density at radius 1 is 1.35 bits per heavy atom. The van der Waals surface area contributed by atoms with Crippen molar-refractivity contribution in [3.63, 3.8) is 0 Å². The predicted octanol–water partition coefficient (Wildman–Crippen LogP) is 1.30. The summed E-state index contributed by atoms with van der Waals surface area (Å²) in [6.45, 7) is 4.56. The summed E-state index contributed by atoms with van der Waals surface area (Å²) in [6, 6.07) is 1.44. The van der Waals surface area contributed by atoms with Crippen molar-refractivity contribution < 1.29 is 19.1 Å². The minimum atomic E-state index is -0.705. The topological polar surface area (TPSA) is 92.0 Å². The molecule has 3 heterocycles. The summed E-state index contributed by atoms with van der Waals surface area (Å²) in [4.78, 5) is 27.0. The lowest BCUT2D eigenvalue weighted by Crippen LogP contribution is -2.46. The Balaban J connectivity index is 1.80. The zero-order valence-electron chi connectivity index (χ0n) is 15.5. The molecule has 0 radical (unpaired) electrons. The van der Waals surface area contributed by atoms with Gasteiger partial charge in [0.05, 0.1) is 0 Å².